The van der Waals surface area contributed by atoms with Crippen LogP contribution >= 0.6 is 0 Å². The molecule has 0 saturated heterocycles. The molecule has 1 aromatic heterocycles. The number of likely N-dealkylation sites (N-methyl/N-ethyl adjacent to an activating group) is 1. The third kappa shape index (κ3) is 3.36. The van der Waals surface area contributed by atoms with Crippen LogP contribution in [-0.2, 0) is 0 Å². The van der Waals surface area contributed by atoms with Gasteiger partial charge in [0.25, 0.3) is 0 Å². The lowest BCUT2D eigenvalue weighted by Crippen LogP contribution is -2.19. The first-order chi connectivity index (χ1) is 8.25. The fraction of sp³-hybridized carbons (Fsp3) is 0.286. The summed E-state index contributed by atoms with van der Waals surface area (Å²) in [5.41, 5.74) is 1.01. The fourth-order valence-corrected chi connectivity index (χ4v) is 1.43. The lowest BCUT2D eigenvalue weighted by molar-refractivity contribution is 0.261. The van der Waals surface area contributed by atoms with Gasteiger partial charge < -0.3 is 14.1 Å². The summed E-state index contributed by atoms with van der Waals surface area (Å²) in [5.74, 6) is 1.61. The number of furan rings is 1. The van der Waals surface area contributed by atoms with Gasteiger partial charge in [0.1, 0.15) is 18.1 Å². The summed E-state index contributed by atoms with van der Waals surface area (Å²) < 4.78 is 10.9. The van der Waals surface area contributed by atoms with Crippen LogP contribution in [0.3, 0.4) is 0 Å². The van der Waals surface area contributed by atoms with E-state index in [4.69, 9.17) is 9.15 Å². The first-order valence-electron chi connectivity index (χ1n) is 5.59. The van der Waals surface area contributed by atoms with Crippen LogP contribution < -0.4 is 4.74 Å². The maximum absolute atomic E-state index is 5.56. The van der Waals surface area contributed by atoms with Crippen molar-refractivity contribution >= 4 is 0 Å². The molecule has 3 heteroatoms. The van der Waals surface area contributed by atoms with Crippen molar-refractivity contribution in [3.8, 4) is 17.1 Å². The van der Waals surface area contributed by atoms with E-state index in [-0.39, 0.29) is 0 Å². The molecule has 0 aliphatic rings. The Morgan fingerprint density at radius 1 is 1.29 bits per heavy atom. The first-order valence-corrected chi connectivity index (χ1v) is 5.59. The zero-order valence-electron chi connectivity index (χ0n) is 10.1. The number of ether oxygens (including phenoxy) is 1. The predicted molar refractivity (Wildman–Crippen MR) is 67.0 cm³/mol. The maximum atomic E-state index is 5.56. The van der Waals surface area contributed by atoms with Crippen LogP contribution in [0.25, 0.3) is 11.3 Å². The highest BCUT2D eigenvalue weighted by Gasteiger charge is 2.01. The van der Waals surface area contributed by atoms with E-state index in [9.17, 15) is 0 Å². The molecule has 17 heavy (non-hydrogen) atoms. The highest BCUT2D eigenvalue weighted by Crippen LogP contribution is 2.22. The van der Waals surface area contributed by atoms with Crippen LogP contribution in [0.15, 0.2) is 41.0 Å². The van der Waals surface area contributed by atoms with Gasteiger partial charge in [-0.25, -0.2) is 0 Å². The van der Waals surface area contributed by atoms with Crippen molar-refractivity contribution in [3.63, 3.8) is 0 Å². The van der Waals surface area contributed by atoms with E-state index in [2.05, 4.69) is 11.0 Å². The molecule has 89 valence electrons. The van der Waals surface area contributed by atoms with Gasteiger partial charge in [0.05, 0.1) is 6.26 Å². The van der Waals surface area contributed by atoms with Crippen LogP contribution in [0.2, 0.25) is 0 Å². The Labute approximate surface area is 102 Å². The van der Waals surface area contributed by atoms with E-state index in [1.165, 1.54) is 0 Å². The molecule has 0 saturated carbocycles. The number of nitrogens with zero attached hydrogens (tertiary/aromatic N) is 1. The zero-order valence-corrected chi connectivity index (χ0v) is 10.1. The van der Waals surface area contributed by atoms with Crippen molar-refractivity contribution in [2.24, 2.45) is 0 Å². The van der Waals surface area contributed by atoms with E-state index in [1.807, 2.05) is 44.4 Å². The van der Waals surface area contributed by atoms with Crippen molar-refractivity contribution in [2.75, 3.05) is 27.2 Å². The molecule has 0 amide bonds. The predicted octanol–water partition coefficient (Wildman–Crippen LogP) is 2.69. The largest absolute Gasteiger partial charge is 0.492 e. The van der Waals surface area contributed by atoms with Gasteiger partial charge in [-0.05, 0) is 44.4 Å². The molecule has 3 nitrogen and oxygen atoms in total. The molecule has 0 bridgehead atoms. The Morgan fingerprint density at radius 3 is 2.76 bits per heavy atom. The Morgan fingerprint density at radius 2 is 2.18 bits per heavy atom. The summed E-state index contributed by atoms with van der Waals surface area (Å²) in [5, 5.41) is 0. The van der Waals surface area contributed by atoms with Gasteiger partial charge in [-0.1, -0.05) is 0 Å². The minimum atomic E-state index is 0.670. The van der Waals surface area contributed by atoms with Gasteiger partial charge >= 0.3 is 0 Å². The lowest BCUT2D eigenvalue weighted by Gasteiger charge is -2.10. The zero-order chi connectivity index (χ0) is 12.1. The summed E-state index contributed by atoms with van der Waals surface area (Å²) in [6.45, 7) is 1.57. The minimum Gasteiger partial charge on any atom is -0.492 e. The molecular weight excluding hydrogens is 214 g/mol. The molecule has 1 radical (unpaired) electrons. The van der Waals surface area contributed by atoms with Crippen molar-refractivity contribution in [2.45, 2.75) is 0 Å². The van der Waals surface area contributed by atoms with E-state index < -0.39 is 0 Å². The maximum Gasteiger partial charge on any atom is 0.133 e. The van der Waals surface area contributed by atoms with Crippen LogP contribution in [0.4, 0.5) is 0 Å². The molecule has 0 aliphatic carbocycles. The second kappa shape index (κ2) is 5.55. The second-order valence-corrected chi connectivity index (χ2v) is 4.07. The normalized spacial score (nSPS) is 10.8. The molecule has 0 N–H and O–H groups in total. The highest BCUT2D eigenvalue weighted by molar-refractivity contribution is 5.57. The van der Waals surface area contributed by atoms with Gasteiger partial charge in [-0.3, -0.25) is 0 Å². The number of hydrogen-bond acceptors (Lipinski definition) is 3. The summed E-state index contributed by atoms with van der Waals surface area (Å²) in [4.78, 5) is 2.08. The molecule has 0 aliphatic heterocycles. The number of rotatable bonds is 5. The van der Waals surface area contributed by atoms with E-state index in [0.717, 1.165) is 23.6 Å². The summed E-state index contributed by atoms with van der Waals surface area (Å²) in [6, 6.07) is 12.7. The van der Waals surface area contributed by atoms with E-state index in [0.29, 0.717) is 6.61 Å². The minimum absolute atomic E-state index is 0.670. The van der Waals surface area contributed by atoms with E-state index >= 15 is 0 Å². The second-order valence-electron chi connectivity index (χ2n) is 4.07. The van der Waals surface area contributed by atoms with Gasteiger partial charge in [-0.2, -0.15) is 0 Å². The van der Waals surface area contributed by atoms with Crippen molar-refractivity contribution in [3.05, 3.63) is 42.7 Å². The molecular formula is C14H16NO2. The third-order valence-corrected chi connectivity index (χ3v) is 2.39. The third-order valence-electron chi connectivity index (χ3n) is 2.39. The Hall–Kier alpha value is -1.74. The molecule has 2 aromatic rings. The van der Waals surface area contributed by atoms with Crippen LogP contribution in [0.1, 0.15) is 0 Å². The van der Waals surface area contributed by atoms with Gasteiger partial charge in [0.15, 0.2) is 0 Å². The standard InChI is InChI=1S/C14H16NO2/c1-15(2)9-11-16-13-7-5-12(6-8-13)14-4-3-10-17-14/h3-7,10H,9,11H2,1-2H3. The molecule has 0 unspecified atom stereocenters. The average molecular weight is 230 g/mol. The fourth-order valence-electron chi connectivity index (χ4n) is 1.43. The topological polar surface area (TPSA) is 25.6 Å². The highest BCUT2D eigenvalue weighted by atomic mass is 16.5. The first kappa shape index (κ1) is 11.7. The summed E-state index contributed by atoms with van der Waals surface area (Å²) in [7, 11) is 4.04. The molecule has 0 spiro atoms. The Balaban J connectivity index is 1.94. The summed E-state index contributed by atoms with van der Waals surface area (Å²) in [6.07, 6.45) is 1.66. The Kier molecular flexibility index (Phi) is 3.83. The molecule has 0 fully saturated rings. The average Bonchev–Trinajstić information content (AvgIpc) is 2.83. The number of hydrogen-bond donors (Lipinski definition) is 0. The quantitative estimate of drug-likeness (QED) is 0.789. The van der Waals surface area contributed by atoms with Crippen molar-refractivity contribution in [1.29, 1.82) is 0 Å². The van der Waals surface area contributed by atoms with Gasteiger partial charge in [0, 0.05) is 18.2 Å². The van der Waals surface area contributed by atoms with E-state index in [1.54, 1.807) is 6.26 Å². The van der Waals surface area contributed by atoms with Gasteiger partial charge in [0.2, 0.25) is 0 Å². The van der Waals surface area contributed by atoms with Crippen molar-refractivity contribution < 1.29 is 9.15 Å². The van der Waals surface area contributed by atoms with Crippen LogP contribution in [-0.4, -0.2) is 32.1 Å². The van der Waals surface area contributed by atoms with Crippen molar-refractivity contribution in [1.82, 2.24) is 4.90 Å². The van der Waals surface area contributed by atoms with Crippen LogP contribution in [0, 0.1) is 6.07 Å². The molecule has 1 heterocycles. The molecule has 0 atom stereocenters. The number of benzene rings is 1. The smallest absolute Gasteiger partial charge is 0.133 e. The van der Waals surface area contributed by atoms with Gasteiger partial charge in [-0.15, -0.1) is 0 Å². The van der Waals surface area contributed by atoms with Crippen LogP contribution in [0.5, 0.6) is 5.75 Å². The lowest BCUT2D eigenvalue weighted by atomic mass is 10.2. The molecule has 1 aromatic carbocycles. The molecule has 2 rings (SSSR count). The SMILES string of the molecule is CN(C)CCOc1[c]cc(-c2ccco2)cc1. The monoisotopic (exact) mass is 230 g/mol. The Bertz CT molecular complexity index is 432. The summed E-state index contributed by atoms with van der Waals surface area (Å²) >= 11 is 0.